The van der Waals surface area contributed by atoms with Gasteiger partial charge in [0.2, 0.25) is 0 Å². The lowest BCUT2D eigenvalue weighted by molar-refractivity contribution is -0.163. The van der Waals surface area contributed by atoms with Crippen LogP contribution in [0.5, 0.6) is 0 Å². The molecule has 0 spiro atoms. The van der Waals surface area contributed by atoms with E-state index in [1.807, 2.05) is 26.8 Å². The molecule has 2 fully saturated rings. The maximum absolute atomic E-state index is 12.8. The Labute approximate surface area is 134 Å². The van der Waals surface area contributed by atoms with Gasteiger partial charge in [0.15, 0.2) is 0 Å². The number of hydrogen-bond acceptors (Lipinski definition) is 2. The van der Waals surface area contributed by atoms with Crippen molar-refractivity contribution >= 4 is 5.97 Å². The second kappa shape index (κ2) is 5.72. The molecular formula is C20H28O2. The highest BCUT2D eigenvalue weighted by Gasteiger charge is 2.63. The maximum atomic E-state index is 12.8. The first-order valence-corrected chi connectivity index (χ1v) is 8.67. The van der Waals surface area contributed by atoms with E-state index in [0.717, 1.165) is 18.8 Å². The molecule has 2 nitrogen and oxygen atoms in total. The number of rotatable bonds is 5. The smallest absolute Gasteiger partial charge is 0.310 e. The van der Waals surface area contributed by atoms with E-state index in [1.54, 1.807) is 0 Å². The fraction of sp³-hybridized carbons (Fsp3) is 0.650. The Balaban J connectivity index is 1.71. The summed E-state index contributed by atoms with van der Waals surface area (Å²) in [6.07, 6.45) is 6.96. The Morgan fingerprint density at radius 3 is 2.59 bits per heavy atom. The van der Waals surface area contributed by atoms with Crippen molar-refractivity contribution < 1.29 is 9.53 Å². The summed E-state index contributed by atoms with van der Waals surface area (Å²) in [5.74, 6) is 0.896. The largest absolute Gasteiger partial charge is 0.460 e. The second-order valence-electron chi connectivity index (χ2n) is 8.14. The number of fused-ring (bicyclic) bond motifs is 1. The van der Waals surface area contributed by atoms with Crippen molar-refractivity contribution in [2.45, 2.75) is 64.9 Å². The van der Waals surface area contributed by atoms with E-state index in [0.29, 0.717) is 0 Å². The van der Waals surface area contributed by atoms with Crippen LogP contribution in [0, 0.1) is 17.3 Å². The van der Waals surface area contributed by atoms with Crippen LogP contribution in [-0.2, 0) is 16.0 Å². The van der Waals surface area contributed by atoms with Crippen molar-refractivity contribution in [3.63, 3.8) is 0 Å². The molecule has 0 radical (unpaired) electrons. The summed E-state index contributed by atoms with van der Waals surface area (Å²) in [6, 6.07) is 10.5. The Kier molecular flexibility index (Phi) is 4.05. The quantitative estimate of drug-likeness (QED) is 0.732. The van der Waals surface area contributed by atoms with Gasteiger partial charge in [-0.2, -0.15) is 0 Å². The van der Waals surface area contributed by atoms with Crippen LogP contribution in [0.15, 0.2) is 30.3 Å². The van der Waals surface area contributed by atoms with E-state index in [4.69, 9.17) is 4.74 Å². The van der Waals surface area contributed by atoms with E-state index in [-0.39, 0.29) is 22.9 Å². The molecule has 120 valence electrons. The van der Waals surface area contributed by atoms with E-state index in [1.165, 1.54) is 31.2 Å². The first-order chi connectivity index (χ1) is 10.4. The van der Waals surface area contributed by atoms with Gasteiger partial charge in [-0.3, -0.25) is 4.79 Å². The van der Waals surface area contributed by atoms with E-state index in [2.05, 4.69) is 24.3 Å². The average molecular weight is 300 g/mol. The van der Waals surface area contributed by atoms with Gasteiger partial charge in [0.25, 0.3) is 0 Å². The molecule has 2 saturated carbocycles. The monoisotopic (exact) mass is 300 g/mol. The van der Waals surface area contributed by atoms with Crippen molar-refractivity contribution in [2.75, 3.05) is 0 Å². The number of carbonyl (C=O) groups excluding carboxylic acids is 1. The summed E-state index contributed by atoms with van der Waals surface area (Å²) in [7, 11) is 0. The highest BCUT2D eigenvalue weighted by molar-refractivity contribution is 5.74. The first kappa shape index (κ1) is 15.6. The number of ether oxygens (including phenoxy) is 1. The Hall–Kier alpha value is -1.31. The fourth-order valence-corrected chi connectivity index (χ4v) is 4.34. The van der Waals surface area contributed by atoms with Crippen LogP contribution < -0.4 is 0 Å². The summed E-state index contributed by atoms with van der Waals surface area (Å²) in [5.41, 5.74) is 1.21. The van der Waals surface area contributed by atoms with E-state index < -0.39 is 0 Å². The van der Waals surface area contributed by atoms with Crippen LogP contribution in [-0.4, -0.2) is 11.6 Å². The lowest BCUT2D eigenvalue weighted by Gasteiger charge is -2.28. The van der Waals surface area contributed by atoms with Gasteiger partial charge in [-0.05, 0) is 69.8 Å². The zero-order valence-corrected chi connectivity index (χ0v) is 14.1. The number of carbonyl (C=O) groups is 1. The SMILES string of the molecule is CC(C)(C)OC(=O)[C@H](CCc1ccccc1)[C@@]12CCC[C@@H]1C2. The minimum absolute atomic E-state index is 0.0350. The molecule has 0 saturated heterocycles. The molecule has 2 aliphatic rings. The standard InChI is InChI=1S/C20H28O2/c1-19(2,3)22-18(21)17(20-13-7-10-16(20)14-20)12-11-15-8-5-4-6-9-15/h4-6,8-9,16-17H,7,10-14H2,1-3H3/t16-,17+,20-/m1/s1. The number of benzene rings is 1. The zero-order chi connectivity index (χ0) is 15.8. The maximum Gasteiger partial charge on any atom is 0.310 e. The number of hydrogen-bond donors (Lipinski definition) is 0. The summed E-state index contributed by atoms with van der Waals surface area (Å²) < 4.78 is 5.75. The predicted octanol–water partition coefficient (Wildman–Crippen LogP) is 4.77. The molecule has 1 aromatic rings. The Bertz CT molecular complexity index is 528. The molecule has 0 unspecified atom stereocenters. The molecule has 1 aromatic carbocycles. The average Bonchev–Trinajstić information content (AvgIpc) is 2.99. The van der Waals surface area contributed by atoms with Crippen LogP contribution >= 0.6 is 0 Å². The first-order valence-electron chi connectivity index (χ1n) is 8.67. The van der Waals surface area contributed by atoms with Crippen molar-refractivity contribution in [1.29, 1.82) is 0 Å². The van der Waals surface area contributed by atoms with Gasteiger partial charge in [0.1, 0.15) is 5.60 Å². The van der Waals surface area contributed by atoms with Crippen LogP contribution in [0.3, 0.4) is 0 Å². The lowest BCUT2D eigenvalue weighted by Crippen LogP contribution is -2.33. The third kappa shape index (κ3) is 3.21. The van der Waals surface area contributed by atoms with Crippen molar-refractivity contribution in [2.24, 2.45) is 17.3 Å². The number of aryl methyl sites for hydroxylation is 1. The molecule has 3 rings (SSSR count). The molecule has 0 amide bonds. The molecule has 22 heavy (non-hydrogen) atoms. The molecule has 2 aliphatic carbocycles. The molecular weight excluding hydrogens is 272 g/mol. The summed E-state index contributed by atoms with van der Waals surface area (Å²) >= 11 is 0. The minimum Gasteiger partial charge on any atom is -0.460 e. The molecule has 0 heterocycles. The normalized spacial score (nSPS) is 28.0. The van der Waals surface area contributed by atoms with Crippen LogP contribution in [0.4, 0.5) is 0 Å². The molecule has 0 aliphatic heterocycles. The van der Waals surface area contributed by atoms with Crippen LogP contribution in [0.25, 0.3) is 0 Å². The minimum atomic E-state index is -0.387. The van der Waals surface area contributed by atoms with Gasteiger partial charge >= 0.3 is 5.97 Å². The molecule has 2 heteroatoms. The van der Waals surface area contributed by atoms with Crippen LogP contribution in [0.1, 0.15) is 58.4 Å². The van der Waals surface area contributed by atoms with E-state index in [9.17, 15) is 4.79 Å². The van der Waals surface area contributed by atoms with Gasteiger partial charge in [-0.25, -0.2) is 0 Å². The molecule has 0 aromatic heterocycles. The van der Waals surface area contributed by atoms with Gasteiger partial charge in [-0.1, -0.05) is 36.8 Å². The third-order valence-corrected chi connectivity index (χ3v) is 5.42. The predicted molar refractivity (Wildman–Crippen MR) is 88.5 cm³/mol. The Morgan fingerprint density at radius 2 is 2.05 bits per heavy atom. The van der Waals surface area contributed by atoms with Gasteiger partial charge in [0.05, 0.1) is 5.92 Å². The summed E-state index contributed by atoms with van der Waals surface area (Å²) in [6.45, 7) is 5.90. The second-order valence-corrected chi connectivity index (χ2v) is 8.14. The zero-order valence-electron chi connectivity index (χ0n) is 14.1. The van der Waals surface area contributed by atoms with Gasteiger partial charge in [0, 0.05) is 0 Å². The third-order valence-electron chi connectivity index (χ3n) is 5.42. The Morgan fingerprint density at radius 1 is 1.32 bits per heavy atom. The van der Waals surface area contributed by atoms with Crippen molar-refractivity contribution in [3.8, 4) is 0 Å². The van der Waals surface area contributed by atoms with Crippen molar-refractivity contribution in [1.82, 2.24) is 0 Å². The highest BCUT2D eigenvalue weighted by atomic mass is 16.6. The van der Waals surface area contributed by atoms with Gasteiger partial charge < -0.3 is 4.74 Å². The van der Waals surface area contributed by atoms with Crippen molar-refractivity contribution in [3.05, 3.63) is 35.9 Å². The summed E-state index contributed by atoms with van der Waals surface area (Å²) in [4.78, 5) is 12.8. The summed E-state index contributed by atoms with van der Waals surface area (Å²) in [5, 5.41) is 0. The fourth-order valence-electron chi connectivity index (χ4n) is 4.34. The topological polar surface area (TPSA) is 26.3 Å². The molecule has 3 atom stereocenters. The lowest BCUT2D eigenvalue weighted by atomic mass is 9.82. The van der Waals surface area contributed by atoms with Gasteiger partial charge in [-0.15, -0.1) is 0 Å². The van der Waals surface area contributed by atoms with E-state index >= 15 is 0 Å². The highest BCUT2D eigenvalue weighted by Crippen LogP contribution is 2.68. The molecule has 0 bridgehead atoms. The molecule has 0 N–H and O–H groups in total. The van der Waals surface area contributed by atoms with Crippen LogP contribution in [0.2, 0.25) is 0 Å². The number of esters is 1.